The lowest BCUT2D eigenvalue weighted by Gasteiger charge is -2.25. The molecule has 130 valence electrons. The summed E-state index contributed by atoms with van der Waals surface area (Å²) in [6, 6.07) is 14.5. The third-order valence-corrected chi connectivity index (χ3v) is 4.64. The van der Waals surface area contributed by atoms with Gasteiger partial charge in [-0.15, -0.1) is 0 Å². The Morgan fingerprint density at radius 3 is 2.76 bits per heavy atom. The first kappa shape index (κ1) is 17.0. The second-order valence-corrected chi connectivity index (χ2v) is 6.16. The van der Waals surface area contributed by atoms with Crippen molar-refractivity contribution in [2.75, 3.05) is 13.7 Å². The first-order chi connectivity index (χ1) is 12.1. The summed E-state index contributed by atoms with van der Waals surface area (Å²) < 4.78 is 5.28. The van der Waals surface area contributed by atoms with Crippen LogP contribution in [-0.2, 0) is 11.2 Å². The summed E-state index contributed by atoms with van der Waals surface area (Å²) in [6.07, 6.45) is 1.94. The number of hydrogen-bond acceptors (Lipinski definition) is 3. The minimum absolute atomic E-state index is 0.0135. The van der Waals surface area contributed by atoms with Crippen LogP contribution in [0, 0.1) is 0 Å². The third kappa shape index (κ3) is 3.65. The van der Waals surface area contributed by atoms with E-state index in [1.165, 1.54) is 6.07 Å². The van der Waals surface area contributed by atoms with Crippen molar-refractivity contribution in [3.05, 3.63) is 65.2 Å². The number of nitrogens with zero attached hydrogens (tertiary/aromatic N) is 1. The van der Waals surface area contributed by atoms with E-state index in [-0.39, 0.29) is 23.9 Å². The number of benzene rings is 2. The Hall–Kier alpha value is -2.82. The normalized spacial score (nSPS) is 16.7. The van der Waals surface area contributed by atoms with Crippen molar-refractivity contribution < 1.29 is 19.4 Å². The molecule has 1 atom stereocenters. The zero-order valence-electron chi connectivity index (χ0n) is 14.1. The summed E-state index contributed by atoms with van der Waals surface area (Å²) in [7, 11) is 1.62. The number of amides is 1. The summed E-state index contributed by atoms with van der Waals surface area (Å²) in [5, 5.41) is 9.29. The lowest BCUT2D eigenvalue weighted by molar-refractivity contribution is -0.131. The average molecular weight is 339 g/mol. The van der Waals surface area contributed by atoms with Gasteiger partial charge in [-0.25, -0.2) is 4.79 Å². The molecule has 1 aliphatic heterocycles. The third-order valence-electron chi connectivity index (χ3n) is 4.64. The van der Waals surface area contributed by atoms with Crippen molar-refractivity contribution in [3.63, 3.8) is 0 Å². The largest absolute Gasteiger partial charge is 0.497 e. The molecule has 0 saturated carbocycles. The highest BCUT2D eigenvalue weighted by Crippen LogP contribution is 2.34. The quantitative estimate of drug-likeness (QED) is 0.908. The fourth-order valence-corrected chi connectivity index (χ4v) is 3.41. The Kier molecular flexibility index (Phi) is 5.03. The smallest absolute Gasteiger partial charge is 0.335 e. The van der Waals surface area contributed by atoms with Gasteiger partial charge in [-0.2, -0.15) is 0 Å². The number of carbonyl (C=O) groups excluding carboxylic acids is 1. The number of methoxy groups -OCH3 is 1. The number of aromatic carboxylic acids is 1. The predicted molar refractivity (Wildman–Crippen MR) is 93.8 cm³/mol. The molecule has 5 nitrogen and oxygen atoms in total. The second kappa shape index (κ2) is 7.38. The lowest BCUT2D eigenvalue weighted by atomic mass is 10.0. The van der Waals surface area contributed by atoms with Crippen molar-refractivity contribution in [1.29, 1.82) is 0 Å². The molecule has 1 N–H and O–H groups in total. The fraction of sp³-hybridized carbons (Fsp3) is 0.300. The van der Waals surface area contributed by atoms with Crippen LogP contribution in [0.15, 0.2) is 48.5 Å². The number of hydrogen-bond donors (Lipinski definition) is 1. The van der Waals surface area contributed by atoms with Gasteiger partial charge >= 0.3 is 5.97 Å². The van der Waals surface area contributed by atoms with Gasteiger partial charge in [-0.05, 0) is 42.2 Å². The van der Waals surface area contributed by atoms with Gasteiger partial charge in [0.1, 0.15) is 5.75 Å². The summed E-state index contributed by atoms with van der Waals surface area (Å²) in [5.74, 6) is -0.277. The van der Waals surface area contributed by atoms with Gasteiger partial charge < -0.3 is 14.7 Å². The Labute approximate surface area is 146 Å². The molecular formula is C20H21NO4. The molecule has 5 heteroatoms. The first-order valence-corrected chi connectivity index (χ1v) is 8.35. The molecule has 3 rings (SSSR count). The van der Waals surface area contributed by atoms with E-state index < -0.39 is 5.97 Å². The van der Waals surface area contributed by atoms with Crippen LogP contribution in [0.5, 0.6) is 5.75 Å². The van der Waals surface area contributed by atoms with Crippen molar-refractivity contribution >= 4 is 11.9 Å². The van der Waals surface area contributed by atoms with Gasteiger partial charge in [0, 0.05) is 6.54 Å². The van der Waals surface area contributed by atoms with Crippen molar-refractivity contribution in [2.24, 2.45) is 0 Å². The molecule has 1 saturated heterocycles. The zero-order valence-corrected chi connectivity index (χ0v) is 14.1. The van der Waals surface area contributed by atoms with E-state index in [0.717, 1.165) is 24.2 Å². The van der Waals surface area contributed by atoms with E-state index >= 15 is 0 Å². The van der Waals surface area contributed by atoms with Gasteiger partial charge in [0.05, 0.1) is 25.1 Å². The zero-order chi connectivity index (χ0) is 17.8. The molecule has 0 aliphatic carbocycles. The number of carbonyl (C=O) groups is 2. The summed E-state index contributed by atoms with van der Waals surface area (Å²) in [4.78, 5) is 26.0. The maximum absolute atomic E-state index is 12.8. The topological polar surface area (TPSA) is 66.8 Å². The highest BCUT2D eigenvalue weighted by Gasteiger charge is 2.30. The summed E-state index contributed by atoms with van der Waals surface area (Å²) >= 11 is 0. The molecule has 1 fully saturated rings. The first-order valence-electron chi connectivity index (χ1n) is 8.35. The number of ether oxygens (including phenoxy) is 1. The SMILES string of the molecule is COc1cccc(C2CCCN2C(=O)Cc2ccccc2C(=O)O)c1. The predicted octanol–water partition coefficient (Wildman–Crippen LogP) is 3.30. The van der Waals surface area contributed by atoms with E-state index in [1.54, 1.807) is 25.3 Å². The van der Waals surface area contributed by atoms with E-state index in [2.05, 4.69) is 0 Å². The molecule has 0 spiro atoms. The van der Waals surface area contributed by atoms with E-state index in [0.29, 0.717) is 12.1 Å². The molecule has 0 bridgehead atoms. The summed E-state index contributed by atoms with van der Waals surface area (Å²) in [5.41, 5.74) is 1.79. The molecule has 25 heavy (non-hydrogen) atoms. The molecule has 0 radical (unpaired) electrons. The monoisotopic (exact) mass is 339 g/mol. The van der Waals surface area contributed by atoms with Gasteiger partial charge in [-0.1, -0.05) is 30.3 Å². The Bertz CT molecular complexity index is 787. The Morgan fingerprint density at radius 2 is 2.00 bits per heavy atom. The molecule has 0 aromatic heterocycles. The highest BCUT2D eigenvalue weighted by atomic mass is 16.5. The van der Waals surface area contributed by atoms with E-state index in [4.69, 9.17) is 4.74 Å². The minimum Gasteiger partial charge on any atom is -0.497 e. The van der Waals surface area contributed by atoms with Crippen LogP contribution in [0.3, 0.4) is 0 Å². The Morgan fingerprint density at radius 1 is 1.20 bits per heavy atom. The van der Waals surface area contributed by atoms with Crippen molar-refractivity contribution in [1.82, 2.24) is 4.90 Å². The molecule has 1 amide bonds. The number of likely N-dealkylation sites (tertiary alicyclic amines) is 1. The maximum atomic E-state index is 12.8. The van der Waals surface area contributed by atoms with E-state index in [9.17, 15) is 14.7 Å². The maximum Gasteiger partial charge on any atom is 0.335 e. The van der Waals surface area contributed by atoms with Crippen LogP contribution >= 0.6 is 0 Å². The van der Waals surface area contributed by atoms with Crippen LogP contribution in [-0.4, -0.2) is 35.5 Å². The number of carboxylic acid groups (broad SMARTS) is 1. The van der Waals surface area contributed by atoms with Gasteiger partial charge in [-0.3, -0.25) is 4.79 Å². The van der Waals surface area contributed by atoms with Crippen LogP contribution in [0.4, 0.5) is 0 Å². The van der Waals surface area contributed by atoms with Crippen LogP contribution in [0.1, 0.15) is 40.4 Å². The number of carboxylic acids is 1. The fourth-order valence-electron chi connectivity index (χ4n) is 3.41. The lowest BCUT2D eigenvalue weighted by Crippen LogP contribution is -2.32. The molecule has 1 heterocycles. The molecule has 2 aromatic rings. The average Bonchev–Trinajstić information content (AvgIpc) is 3.12. The van der Waals surface area contributed by atoms with Crippen LogP contribution in [0.2, 0.25) is 0 Å². The highest BCUT2D eigenvalue weighted by molar-refractivity contribution is 5.91. The van der Waals surface area contributed by atoms with E-state index in [1.807, 2.05) is 29.2 Å². The Balaban J connectivity index is 1.80. The van der Waals surface area contributed by atoms with Gasteiger partial charge in [0.2, 0.25) is 5.91 Å². The standard InChI is InChI=1S/C20H21NO4/c1-25-16-8-4-7-15(12-16)18-10-5-11-21(18)19(22)13-14-6-2-3-9-17(14)20(23)24/h2-4,6-9,12,18H,5,10-11,13H2,1H3,(H,23,24). The molecule has 2 aromatic carbocycles. The summed E-state index contributed by atoms with van der Waals surface area (Å²) in [6.45, 7) is 0.690. The minimum atomic E-state index is -1.01. The van der Waals surface area contributed by atoms with Crippen LogP contribution < -0.4 is 4.74 Å². The molecular weight excluding hydrogens is 318 g/mol. The number of rotatable bonds is 5. The molecule has 1 unspecified atom stereocenters. The van der Waals surface area contributed by atoms with Gasteiger partial charge in [0.25, 0.3) is 0 Å². The second-order valence-electron chi connectivity index (χ2n) is 6.16. The van der Waals surface area contributed by atoms with Crippen molar-refractivity contribution in [3.8, 4) is 5.75 Å². The van der Waals surface area contributed by atoms with Gasteiger partial charge in [0.15, 0.2) is 0 Å². The van der Waals surface area contributed by atoms with Crippen LogP contribution in [0.25, 0.3) is 0 Å². The van der Waals surface area contributed by atoms with Crippen molar-refractivity contribution in [2.45, 2.75) is 25.3 Å². The molecule has 1 aliphatic rings.